The quantitative estimate of drug-likeness (QED) is 0.846. The Balaban J connectivity index is 2.14. The fourth-order valence-corrected chi connectivity index (χ4v) is 3.02. The molecule has 1 fully saturated rings. The summed E-state index contributed by atoms with van der Waals surface area (Å²) < 4.78 is 6.47. The minimum atomic E-state index is -0.484. The smallest absolute Gasteiger partial charge is 0.408 e. The van der Waals surface area contributed by atoms with Crippen LogP contribution < -0.4 is 10.6 Å². The maximum Gasteiger partial charge on any atom is 0.408 e. The standard InChI is InChI=1S/C17H25BrN2O2/c1-17(2,3)22-16(21)20-15(13-8-10-19-11-9-13)12-4-6-14(18)7-5-12/h4-7,13,15,19H,8-11H2,1-3H3,(H,20,21). The van der Waals surface area contributed by atoms with E-state index < -0.39 is 5.60 Å². The number of hydrogen-bond donors (Lipinski definition) is 2. The lowest BCUT2D eigenvalue weighted by Gasteiger charge is -2.32. The van der Waals surface area contributed by atoms with Crippen LogP contribution in [-0.4, -0.2) is 24.8 Å². The monoisotopic (exact) mass is 368 g/mol. The van der Waals surface area contributed by atoms with Crippen molar-refractivity contribution in [2.75, 3.05) is 13.1 Å². The summed E-state index contributed by atoms with van der Waals surface area (Å²) in [6.07, 6.45) is 1.76. The van der Waals surface area contributed by atoms with Crippen molar-refractivity contribution in [2.45, 2.75) is 45.3 Å². The highest BCUT2D eigenvalue weighted by Crippen LogP contribution is 2.30. The Bertz CT molecular complexity index is 490. The highest BCUT2D eigenvalue weighted by Gasteiger charge is 2.28. The summed E-state index contributed by atoms with van der Waals surface area (Å²) in [5, 5.41) is 6.45. The SMILES string of the molecule is CC(C)(C)OC(=O)NC(c1ccc(Br)cc1)C1CCNCC1. The Kier molecular flexibility index (Phi) is 5.87. The van der Waals surface area contributed by atoms with Gasteiger partial charge in [0.25, 0.3) is 0 Å². The van der Waals surface area contributed by atoms with Crippen molar-refractivity contribution >= 4 is 22.0 Å². The van der Waals surface area contributed by atoms with Crippen molar-refractivity contribution in [3.8, 4) is 0 Å². The molecule has 0 spiro atoms. The van der Waals surface area contributed by atoms with Gasteiger partial charge in [0.05, 0.1) is 6.04 Å². The number of alkyl carbamates (subject to hydrolysis) is 1. The molecule has 5 heteroatoms. The number of benzene rings is 1. The summed E-state index contributed by atoms with van der Waals surface area (Å²) in [6.45, 7) is 7.63. The van der Waals surface area contributed by atoms with Crippen LogP contribution in [0.25, 0.3) is 0 Å². The molecule has 0 saturated carbocycles. The van der Waals surface area contributed by atoms with Gasteiger partial charge in [-0.25, -0.2) is 4.79 Å². The molecule has 1 aromatic rings. The number of piperidine rings is 1. The molecule has 0 bridgehead atoms. The van der Waals surface area contributed by atoms with E-state index >= 15 is 0 Å². The Hall–Kier alpha value is -1.07. The maximum absolute atomic E-state index is 12.2. The summed E-state index contributed by atoms with van der Waals surface area (Å²) in [6, 6.07) is 8.15. The first-order valence-electron chi connectivity index (χ1n) is 7.81. The fourth-order valence-electron chi connectivity index (χ4n) is 2.76. The van der Waals surface area contributed by atoms with Crippen LogP contribution in [0.15, 0.2) is 28.7 Å². The van der Waals surface area contributed by atoms with Crippen molar-refractivity contribution in [1.29, 1.82) is 0 Å². The first kappa shape index (κ1) is 17.3. The van der Waals surface area contributed by atoms with E-state index in [1.165, 1.54) is 0 Å². The highest BCUT2D eigenvalue weighted by atomic mass is 79.9. The van der Waals surface area contributed by atoms with Gasteiger partial charge in [0.1, 0.15) is 5.60 Å². The molecule has 4 nitrogen and oxygen atoms in total. The molecule has 1 amide bonds. The van der Waals surface area contributed by atoms with E-state index in [2.05, 4.69) is 38.7 Å². The van der Waals surface area contributed by atoms with E-state index in [1.807, 2.05) is 32.9 Å². The number of ether oxygens (including phenoxy) is 1. The Morgan fingerprint density at radius 1 is 1.27 bits per heavy atom. The average Bonchev–Trinajstić information content (AvgIpc) is 2.45. The van der Waals surface area contributed by atoms with Crippen molar-refractivity contribution in [1.82, 2.24) is 10.6 Å². The highest BCUT2D eigenvalue weighted by molar-refractivity contribution is 9.10. The van der Waals surface area contributed by atoms with Gasteiger partial charge in [-0.2, -0.15) is 0 Å². The minimum absolute atomic E-state index is 0.00921. The van der Waals surface area contributed by atoms with E-state index in [0.29, 0.717) is 5.92 Å². The number of rotatable bonds is 3. The maximum atomic E-state index is 12.2. The molecular formula is C17H25BrN2O2. The van der Waals surface area contributed by atoms with Gasteiger partial charge in [-0.05, 0) is 70.3 Å². The lowest BCUT2D eigenvalue weighted by atomic mass is 9.86. The van der Waals surface area contributed by atoms with Gasteiger partial charge >= 0.3 is 6.09 Å². The van der Waals surface area contributed by atoms with Gasteiger partial charge in [0.15, 0.2) is 0 Å². The van der Waals surface area contributed by atoms with E-state index in [-0.39, 0.29) is 12.1 Å². The molecule has 1 heterocycles. The molecule has 0 radical (unpaired) electrons. The Morgan fingerprint density at radius 2 is 1.86 bits per heavy atom. The molecule has 0 aromatic heterocycles. The molecule has 1 aromatic carbocycles. The average molecular weight is 369 g/mol. The predicted molar refractivity (Wildman–Crippen MR) is 91.8 cm³/mol. The van der Waals surface area contributed by atoms with Crippen molar-refractivity contribution in [2.24, 2.45) is 5.92 Å². The Labute approximate surface area is 141 Å². The number of nitrogens with one attached hydrogen (secondary N) is 2. The van der Waals surface area contributed by atoms with Gasteiger partial charge in [-0.3, -0.25) is 0 Å². The van der Waals surface area contributed by atoms with Crippen molar-refractivity contribution < 1.29 is 9.53 Å². The van der Waals surface area contributed by atoms with Crippen molar-refractivity contribution in [3.63, 3.8) is 0 Å². The summed E-state index contributed by atoms with van der Waals surface area (Å²) in [4.78, 5) is 12.2. The lowest BCUT2D eigenvalue weighted by Crippen LogP contribution is -2.41. The Morgan fingerprint density at radius 3 is 2.41 bits per heavy atom. The zero-order valence-corrected chi connectivity index (χ0v) is 15.1. The molecule has 2 rings (SSSR count). The number of halogens is 1. The molecule has 2 N–H and O–H groups in total. The second-order valence-corrected chi connectivity index (χ2v) is 7.68. The molecule has 1 aliphatic heterocycles. The topological polar surface area (TPSA) is 50.4 Å². The van der Waals surface area contributed by atoms with E-state index in [4.69, 9.17) is 4.74 Å². The lowest BCUT2D eigenvalue weighted by molar-refractivity contribution is 0.0477. The predicted octanol–water partition coefficient (Wildman–Crippen LogP) is 4.01. The third kappa shape index (κ3) is 5.29. The number of carbonyl (C=O) groups is 1. The molecular weight excluding hydrogens is 344 g/mol. The normalized spacial score (nSPS) is 17.8. The van der Waals surface area contributed by atoms with Crippen LogP contribution in [0.5, 0.6) is 0 Å². The van der Waals surface area contributed by atoms with Gasteiger partial charge in [-0.1, -0.05) is 28.1 Å². The zero-order chi connectivity index (χ0) is 16.2. The zero-order valence-electron chi connectivity index (χ0n) is 13.5. The molecule has 1 unspecified atom stereocenters. The summed E-state index contributed by atoms with van der Waals surface area (Å²) >= 11 is 3.46. The van der Waals surface area contributed by atoms with Crippen LogP contribution in [0, 0.1) is 5.92 Å². The molecule has 1 atom stereocenters. The molecule has 1 saturated heterocycles. The van der Waals surface area contributed by atoms with Crippen molar-refractivity contribution in [3.05, 3.63) is 34.3 Å². The summed E-state index contributed by atoms with van der Waals surface area (Å²) in [7, 11) is 0. The van der Waals surface area contributed by atoms with E-state index in [9.17, 15) is 4.79 Å². The van der Waals surface area contributed by atoms with Crippen LogP contribution >= 0.6 is 15.9 Å². The van der Waals surface area contributed by atoms with Gasteiger partial charge in [-0.15, -0.1) is 0 Å². The molecule has 1 aliphatic rings. The van der Waals surface area contributed by atoms with Crippen LogP contribution in [-0.2, 0) is 4.74 Å². The number of carbonyl (C=O) groups excluding carboxylic acids is 1. The summed E-state index contributed by atoms with van der Waals surface area (Å²) in [5.41, 5.74) is 0.642. The van der Waals surface area contributed by atoms with Gasteiger partial charge in [0, 0.05) is 4.47 Å². The van der Waals surface area contributed by atoms with Gasteiger partial charge in [0.2, 0.25) is 0 Å². The minimum Gasteiger partial charge on any atom is -0.444 e. The number of hydrogen-bond acceptors (Lipinski definition) is 3. The molecule has 22 heavy (non-hydrogen) atoms. The van der Waals surface area contributed by atoms with Gasteiger partial charge < -0.3 is 15.4 Å². The fraction of sp³-hybridized carbons (Fsp3) is 0.588. The van der Waals surface area contributed by atoms with Crippen LogP contribution in [0.3, 0.4) is 0 Å². The molecule has 0 aliphatic carbocycles. The van der Waals surface area contributed by atoms with Crippen LogP contribution in [0.4, 0.5) is 4.79 Å². The third-order valence-corrected chi connectivity index (χ3v) is 4.29. The van der Waals surface area contributed by atoms with E-state index in [1.54, 1.807) is 0 Å². The van der Waals surface area contributed by atoms with E-state index in [0.717, 1.165) is 36.0 Å². The largest absolute Gasteiger partial charge is 0.444 e. The first-order chi connectivity index (χ1) is 10.3. The second kappa shape index (κ2) is 7.47. The summed E-state index contributed by atoms with van der Waals surface area (Å²) in [5.74, 6) is 0.426. The number of amides is 1. The third-order valence-electron chi connectivity index (χ3n) is 3.76. The first-order valence-corrected chi connectivity index (χ1v) is 8.60. The van der Waals surface area contributed by atoms with Crippen LogP contribution in [0.1, 0.15) is 45.2 Å². The second-order valence-electron chi connectivity index (χ2n) is 6.76. The van der Waals surface area contributed by atoms with Crippen LogP contribution in [0.2, 0.25) is 0 Å². The molecule has 122 valence electrons.